The Morgan fingerprint density at radius 1 is 1.08 bits per heavy atom. The van der Waals surface area contributed by atoms with Crippen LogP contribution in [0, 0.1) is 5.92 Å². The number of amides is 1. The minimum atomic E-state index is -1.99. The average molecular weight is 565 g/mol. The number of piperidine rings is 1. The van der Waals surface area contributed by atoms with E-state index in [1.807, 2.05) is 59.5 Å². The number of ether oxygens (including phenoxy) is 2. The van der Waals surface area contributed by atoms with E-state index in [-0.39, 0.29) is 5.91 Å². The molecule has 2 aliphatic heterocycles. The molecule has 8 heteroatoms. The maximum atomic E-state index is 14.2. The lowest BCUT2D eigenvalue weighted by Crippen LogP contribution is -2.52. The monoisotopic (exact) mass is 564 g/mol. The van der Waals surface area contributed by atoms with E-state index in [9.17, 15) is 15.0 Å². The van der Waals surface area contributed by atoms with Crippen LogP contribution in [0.1, 0.15) is 41.9 Å². The quantitative estimate of drug-likeness (QED) is 0.495. The van der Waals surface area contributed by atoms with Crippen molar-refractivity contribution in [3.8, 4) is 11.5 Å². The van der Waals surface area contributed by atoms with Crippen LogP contribution in [-0.4, -0.2) is 52.3 Å². The van der Waals surface area contributed by atoms with Gasteiger partial charge in [0.1, 0.15) is 17.6 Å². The summed E-state index contributed by atoms with van der Waals surface area (Å²) in [5.41, 5.74) is -1.73. The number of nitrogens with zero attached hydrogens (tertiary/aromatic N) is 2. The lowest BCUT2D eigenvalue weighted by Gasteiger charge is -2.41. The Kier molecular flexibility index (Phi) is 6.01. The molecule has 7 nitrogen and oxygen atoms in total. The van der Waals surface area contributed by atoms with Gasteiger partial charge in [-0.15, -0.1) is 0 Å². The molecule has 1 saturated carbocycles. The number of aliphatic hydroxyl groups is 2. The lowest BCUT2D eigenvalue weighted by atomic mass is 9.70. The third kappa shape index (κ3) is 3.39. The third-order valence-corrected chi connectivity index (χ3v) is 8.79. The minimum Gasteiger partial charge on any atom is -0.495 e. The maximum absolute atomic E-state index is 14.2. The Labute approximate surface area is 224 Å². The smallest absolute Gasteiger partial charge is 0.229 e. The highest BCUT2D eigenvalue weighted by Gasteiger charge is 2.78. The zero-order chi connectivity index (χ0) is 25.8. The van der Waals surface area contributed by atoms with Crippen LogP contribution in [0.25, 0.3) is 0 Å². The molecule has 1 amide bonds. The normalized spacial score (nSPS) is 30.4. The SMILES string of the molecule is COc1cncc2c1[C@]1(O)[C@H](O)[C@H](C(=O)N3CCCCC3)[C@@H](c3ccccc3)[C@]1(c1ccc(Br)cc1)O2. The van der Waals surface area contributed by atoms with Gasteiger partial charge in [0, 0.05) is 23.5 Å². The largest absolute Gasteiger partial charge is 0.495 e. The molecule has 3 heterocycles. The van der Waals surface area contributed by atoms with Crippen LogP contribution in [0.5, 0.6) is 11.5 Å². The summed E-state index contributed by atoms with van der Waals surface area (Å²) in [6.07, 6.45) is 4.49. The molecule has 1 aliphatic carbocycles. The van der Waals surface area contributed by atoms with Crippen molar-refractivity contribution in [2.75, 3.05) is 20.2 Å². The molecule has 5 atom stereocenters. The number of carbonyl (C=O) groups is 1. The number of rotatable bonds is 4. The van der Waals surface area contributed by atoms with E-state index in [1.165, 1.54) is 19.5 Å². The molecule has 2 fully saturated rings. The van der Waals surface area contributed by atoms with Gasteiger partial charge in [-0.2, -0.15) is 0 Å². The van der Waals surface area contributed by atoms with Gasteiger partial charge < -0.3 is 24.6 Å². The van der Waals surface area contributed by atoms with Gasteiger partial charge in [0.15, 0.2) is 11.2 Å². The summed E-state index contributed by atoms with van der Waals surface area (Å²) in [5, 5.41) is 25.0. The molecule has 6 rings (SSSR count). The van der Waals surface area contributed by atoms with Crippen molar-refractivity contribution >= 4 is 21.8 Å². The molecule has 3 aliphatic rings. The van der Waals surface area contributed by atoms with Crippen molar-refractivity contribution in [1.82, 2.24) is 9.88 Å². The van der Waals surface area contributed by atoms with Gasteiger partial charge in [-0.3, -0.25) is 9.78 Å². The van der Waals surface area contributed by atoms with Gasteiger partial charge in [-0.05, 0) is 42.5 Å². The summed E-state index contributed by atoms with van der Waals surface area (Å²) in [5.74, 6) is -1.18. The Balaban J connectivity index is 1.65. The van der Waals surface area contributed by atoms with Crippen LogP contribution in [0.4, 0.5) is 0 Å². The van der Waals surface area contributed by atoms with E-state index in [2.05, 4.69) is 20.9 Å². The van der Waals surface area contributed by atoms with Gasteiger partial charge in [0.05, 0.1) is 31.0 Å². The Morgan fingerprint density at radius 2 is 1.78 bits per heavy atom. The van der Waals surface area contributed by atoms with E-state index >= 15 is 0 Å². The number of methoxy groups -OCH3 is 1. The van der Waals surface area contributed by atoms with Crippen molar-refractivity contribution < 1.29 is 24.5 Å². The fourth-order valence-electron chi connectivity index (χ4n) is 6.69. The highest BCUT2D eigenvalue weighted by Crippen LogP contribution is 2.69. The van der Waals surface area contributed by atoms with Crippen molar-refractivity contribution in [2.45, 2.75) is 42.5 Å². The number of fused-ring (bicyclic) bond motifs is 3. The molecule has 37 heavy (non-hydrogen) atoms. The van der Waals surface area contributed by atoms with E-state index in [1.54, 1.807) is 0 Å². The van der Waals surface area contributed by atoms with Crippen LogP contribution in [0.2, 0.25) is 0 Å². The van der Waals surface area contributed by atoms with Gasteiger partial charge in [0.2, 0.25) is 5.91 Å². The van der Waals surface area contributed by atoms with Crippen LogP contribution in [0.15, 0.2) is 71.5 Å². The molecule has 1 aromatic heterocycles. The number of hydrogen-bond donors (Lipinski definition) is 2. The van der Waals surface area contributed by atoms with Crippen molar-refractivity contribution in [3.05, 3.63) is 88.2 Å². The molecule has 3 aromatic rings. The summed E-state index contributed by atoms with van der Waals surface area (Å²) in [6.45, 7) is 1.27. The fraction of sp³-hybridized carbons (Fsp3) is 0.379. The highest BCUT2D eigenvalue weighted by molar-refractivity contribution is 9.10. The molecule has 192 valence electrons. The summed E-state index contributed by atoms with van der Waals surface area (Å²) >= 11 is 3.50. The predicted molar refractivity (Wildman–Crippen MR) is 140 cm³/mol. The van der Waals surface area contributed by atoms with Crippen molar-refractivity contribution in [3.63, 3.8) is 0 Å². The number of carbonyl (C=O) groups excluding carboxylic acids is 1. The van der Waals surface area contributed by atoms with Crippen LogP contribution in [-0.2, 0) is 16.0 Å². The van der Waals surface area contributed by atoms with E-state index in [4.69, 9.17) is 9.47 Å². The molecular weight excluding hydrogens is 536 g/mol. The molecule has 0 spiro atoms. The average Bonchev–Trinajstić information content (AvgIpc) is 3.32. The molecule has 0 radical (unpaired) electrons. The summed E-state index contributed by atoms with van der Waals surface area (Å²) in [6, 6.07) is 17.1. The molecule has 0 unspecified atom stereocenters. The minimum absolute atomic E-state index is 0.168. The van der Waals surface area contributed by atoms with Gasteiger partial charge >= 0.3 is 0 Å². The first-order chi connectivity index (χ1) is 17.9. The fourth-order valence-corrected chi connectivity index (χ4v) is 6.96. The van der Waals surface area contributed by atoms with Crippen LogP contribution >= 0.6 is 15.9 Å². The van der Waals surface area contributed by atoms with Gasteiger partial charge in [-0.25, -0.2) is 0 Å². The number of benzene rings is 2. The number of hydrogen-bond acceptors (Lipinski definition) is 6. The Morgan fingerprint density at radius 3 is 2.46 bits per heavy atom. The number of pyridine rings is 1. The summed E-state index contributed by atoms with van der Waals surface area (Å²) < 4.78 is 13.2. The van der Waals surface area contributed by atoms with Gasteiger partial charge in [-0.1, -0.05) is 58.4 Å². The zero-order valence-corrected chi connectivity index (χ0v) is 22.1. The second-order valence-corrected chi connectivity index (χ2v) is 11.0. The van der Waals surface area contributed by atoms with Crippen LogP contribution in [0.3, 0.4) is 0 Å². The van der Waals surface area contributed by atoms with Crippen molar-refractivity contribution in [2.24, 2.45) is 5.92 Å². The van der Waals surface area contributed by atoms with E-state index in [0.717, 1.165) is 29.3 Å². The molecule has 2 aromatic carbocycles. The maximum Gasteiger partial charge on any atom is 0.229 e. The van der Waals surface area contributed by atoms with E-state index in [0.29, 0.717) is 35.7 Å². The topological polar surface area (TPSA) is 92.1 Å². The van der Waals surface area contributed by atoms with E-state index < -0.39 is 29.1 Å². The first-order valence-corrected chi connectivity index (χ1v) is 13.4. The molecule has 2 N–H and O–H groups in total. The molecule has 1 saturated heterocycles. The number of likely N-dealkylation sites (tertiary alicyclic amines) is 1. The number of aromatic nitrogens is 1. The van der Waals surface area contributed by atoms with Crippen molar-refractivity contribution in [1.29, 1.82) is 0 Å². The summed E-state index contributed by atoms with van der Waals surface area (Å²) in [4.78, 5) is 20.3. The Bertz CT molecular complexity index is 1310. The van der Waals surface area contributed by atoms with Gasteiger partial charge in [0.25, 0.3) is 0 Å². The number of halogens is 1. The standard InChI is InChI=1S/C29H29BrN2O5/c1-36-21-16-31-17-22-25(21)28(35)26(33)23(27(34)32-14-6-3-7-15-32)24(18-8-4-2-5-9-18)29(28,37-22)19-10-12-20(30)13-11-19/h2,4-5,8-13,16-17,23-24,26,33,35H,3,6-7,14-15H2,1H3/t23-,24-,26-,28+,29+/m1/s1. The highest BCUT2D eigenvalue weighted by atomic mass is 79.9. The molecule has 0 bridgehead atoms. The number of aliphatic hydroxyl groups excluding tert-OH is 1. The van der Waals surface area contributed by atoms with Crippen LogP contribution < -0.4 is 9.47 Å². The molecular formula is C29H29BrN2O5. The predicted octanol–water partition coefficient (Wildman–Crippen LogP) is 4.12. The lowest BCUT2D eigenvalue weighted by molar-refractivity contribution is -0.157. The Hall–Kier alpha value is -2.94. The first kappa shape index (κ1) is 24.4. The second kappa shape index (κ2) is 9.11. The third-order valence-electron chi connectivity index (χ3n) is 8.26. The zero-order valence-electron chi connectivity index (χ0n) is 20.5. The summed E-state index contributed by atoms with van der Waals surface area (Å²) in [7, 11) is 1.49. The second-order valence-electron chi connectivity index (χ2n) is 10.1. The first-order valence-electron chi connectivity index (χ1n) is 12.6.